The van der Waals surface area contributed by atoms with Gasteiger partial charge in [-0.15, -0.1) is 35.7 Å². The third-order valence-corrected chi connectivity index (χ3v) is 4.47. The zero-order valence-electron chi connectivity index (χ0n) is 13.6. The highest BCUT2D eigenvalue weighted by molar-refractivity contribution is 14.0. The van der Waals surface area contributed by atoms with Crippen LogP contribution in [0.15, 0.2) is 28.1 Å². The average molecular weight is 472 g/mol. The van der Waals surface area contributed by atoms with Crippen molar-refractivity contribution in [1.82, 2.24) is 10.6 Å². The predicted octanol–water partition coefficient (Wildman–Crippen LogP) is 1.68. The van der Waals surface area contributed by atoms with E-state index in [2.05, 4.69) is 40.7 Å². The number of thioether (sulfide) groups is 1. The molecule has 0 saturated carbocycles. The van der Waals surface area contributed by atoms with Gasteiger partial charge in [0.25, 0.3) is 0 Å². The van der Waals surface area contributed by atoms with Gasteiger partial charge in [-0.2, -0.15) is 0 Å². The molecule has 0 aliphatic heterocycles. The molecule has 0 heterocycles. The van der Waals surface area contributed by atoms with Crippen molar-refractivity contribution in [2.24, 2.45) is 10.1 Å². The minimum atomic E-state index is -3.47. The molecule has 0 aliphatic rings. The van der Waals surface area contributed by atoms with E-state index in [1.807, 2.05) is 13.2 Å². The Morgan fingerprint density at radius 2 is 2.04 bits per heavy atom. The molecule has 1 rings (SSSR count). The van der Waals surface area contributed by atoms with E-state index in [1.165, 1.54) is 10.5 Å². The van der Waals surface area contributed by atoms with Gasteiger partial charge in [-0.3, -0.25) is 0 Å². The maximum Gasteiger partial charge on any atom is 0.210 e. The van der Waals surface area contributed by atoms with Gasteiger partial charge in [0, 0.05) is 18.0 Å². The Kier molecular flexibility index (Phi) is 10.9. The van der Waals surface area contributed by atoms with Crippen LogP contribution in [0.1, 0.15) is 18.1 Å². The van der Waals surface area contributed by atoms with Crippen molar-refractivity contribution in [3.63, 3.8) is 0 Å². The van der Waals surface area contributed by atoms with Gasteiger partial charge < -0.3 is 10.6 Å². The van der Waals surface area contributed by atoms with Gasteiger partial charge in [0.05, 0.1) is 12.3 Å². The van der Waals surface area contributed by atoms with Crippen molar-refractivity contribution in [2.45, 2.75) is 25.3 Å². The maximum absolute atomic E-state index is 10.9. The molecular formula is C14H25IN4O2S2. The summed E-state index contributed by atoms with van der Waals surface area (Å²) in [4.78, 5) is 5.69. The van der Waals surface area contributed by atoms with Crippen LogP contribution in [0.25, 0.3) is 0 Å². The van der Waals surface area contributed by atoms with Crippen LogP contribution in [-0.4, -0.2) is 39.5 Å². The van der Waals surface area contributed by atoms with Crippen LogP contribution in [0.5, 0.6) is 0 Å². The van der Waals surface area contributed by atoms with Gasteiger partial charge in [-0.25, -0.2) is 18.5 Å². The van der Waals surface area contributed by atoms with Crippen LogP contribution in [0.3, 0.4) is 0 Å². The maximum atomic E-state index is 10.9. The number of guanidine groups is 1. The SMILES string of the molecule is CCNC(=NCc1ccc(C)cc1SC)NCCS(N)(=O)=O.I. The Morgan fingerprint density at radius 3 is 2.61 bits per heavy atom. The summed E-state index contributed by atoms with van der Waals surface area (Å²) < 4.78 is 21.9. The summed E-state index contributed by atoms with van der Waals surface area (Å²) in [5.41, 5.74) is 2.36. The Labute approximate surface area is 160 Å². The molecule has 0 unspecified atom stereocenters. The number of benzene rings is 1. The van der Waals surface area contributed by atoms with Gasteiger partial charge in [-0.05, 0) is 37.3 Å². The lowest BCUT2D eigenvalue weighted by molar-refractivity contribution is 0.596. The molecule has 1 aromatic rings. The molecule has 4 N–H and O–H groups in total. The summed E-state index contributed by atoms with van der Waals surface area (Å²) >= 11 is 1.69. The first-order valence-electron chi connectivity index (χ1n) is 7.02. The Hall–Kier alpha value is -0.520. The minimum Gasteiger partial charge on any atom is -0.357 e. The molecule has 0 fully saturated rings. The number of nitrogens with zero attached hydrogens (tertiary/aromatic N) is 1. The molecule has 6 nitrogen and oxygen atoms in total. The molecule has 1 aromatic carbocycles. The van der Waals surface area contributed by atoms with Crippen LogP contribution < -0.4 is 15.8 Å². The lowest BCUT2D eigenvalue weighted by Gasteiger charge is -2.12. The first kappa shape index (κ1) is 22.5. The quantitative estimate of drug-likeness (QED) is 0.243. The largest absolute Gasteiger partial charge is 0.357 e. The summed E-state index contributed by atoms with van der Waals surface area (Å²) in [5, 5.41) is 11.0. The first-order chi connectivity index (χ1) is 10.4. The smallest absolute Gasteiger partial charge is 0.210 e. The molecule has 0 atom stereocenters. The van der Waals surface area contributed by atoms with E-state index < -0.39 is 10.0 Å². The molecule has 9 heteroatoms. The van der Waals surface area contributed by atoms with Crippen molar-refractivity contribution in [3.05, 3.63) is 29.3 Å². The normalized spacial score (nSPS) is 11.7. The van der Waals surface area contributed by atoms with Gasteiger partial charge >= 0.3 is 0 Å². The van der Waals surface area contributed by atoms with Gasteiger partial charge in [0.1, 0.15) is 0 Å². The first-order valence-corrected chi connectivity index (χ1v) is 9.96. The molecule has 0 spiro atoms. The van der Waals surface area contributed by atoms with Crippen molar-refractivity contribution in [3.8, 4) is 0 Å². The Balaban J connectivity index is 0.00000484. The monoisotopic (exact) mass is 472 g/mol. The number of rotatable bonds is 7. The topological polar surface area (TPSA) is 96.6 Å². The zero-order chi connectivity index (χ0) is 16.6. The standard InChI is InChI=1S/C14H24N4O2S2.HI/c1-4-16-14(17-7-8-22(15,19)20)18-10-12-6-5-11(2)9-13(12)21-3;/h5-6,9H,4,7-8,10H2,1-3H3,(H2,15,19,20)(H2,16,17,18);1H. The summed E-state index contributed by atoms with van der Waals surface area (Å²) in [5.74, 6) is 0.455. The summed E-state index contributed by atoms with van der Waals surface area (Å²) in [7, 11) is -3.47. The van der Waals surface area contributed by atoms with Crippen molar-refractivity contribution in [2.75, 3.05) is 25.1 Å². The number of aliphatic imine (C=N–C) groups is 1. The molecule has 23 heavy (non-hydrogen) atoms. The van der Waals surface area contributed by atoms with Crippen LogP contribution in [-0.2, 0) is 16.6 Å². The zero-order valence-corrected chi connectivity index (χ0v) is 17.6. The number of hydrogen-bond donors (Lipinski definition) is 3. The fourth-order valence-corrected chi connectivity index (χ4v) is 2.89. The lowest BCUT2D eigenvalue weighted by atomic mass is 10.1. The van der Waals surface area contributed by atoms with Gasteiger partial charge in [0.15, 0.2) is 5.96 Å². The van der Waals surface area contributed by atoms with Crippen LogP contribution in [0.4, 0.5) is 0 Å². The number of aryl methyl sites for hydroxylation is 1. The summed E-state index contributed by atoms with van der Waals surface area (Å²) in [6.07, 6.45) is 2.04. The number of hydrogen-bond acceptors (Lipinski definition) is 4. The molecule has 0 aromatic heterocycles. The van der Waals surface area contributed by atoms with Crippen LogP contribution in [0.2, 0.25) is 0 Å². The fourth-order valence-electron chi connectivity index (χ4n) is 1.80. The fraction of sp³-hybridized carbons (Fsp3) is 0.500. The molecule has 0 bridgehead atoms. The van der Waals surface area contributed by atoms with Crippen molar-refractivity contribution in [1.29, 1.82) is 0 Å². The summed E-state index contributed by atoms with van der Waals surface area (Å²) in [6, 6.07) is 6.27. The number of primary sulfonamides is 1. The summed E-state index contributed by atoms with van der Waals surface area (Å²) in [6.45, 7) is 5.47. The third-order valence-electron chi connectivity index (χ3n) is 2.87. The van der Waals surface area contributed by atoms with E-state index in [0.717, 1.165) is 5.56 Å². The number of halogens is 1. The number of nitrogens with one attached hydrogen (secondary N) is 2. The highest BCUT2D eigenvalue weighted by Gasteiger charge is 2.05. The second-order valence-electron chi connectivity index (χ2n) is 4.80. The molecule has 132 valence electrons. The molecule has 0 aliphatic carbocycles. The number of sulfonamides is 1. The van der Waals surface area contributed by atoms with E-state index in [1.54, 1.807) is 11.8 Å². The minimum absolute atomic E-state index is 0. The van der Waals surface area contributed by atoms with E-state index in [0.29, 0.717) is 19.0 Å². The van der Waals surface area contributed by atoms with Crippen molar-refractivity contribution >= 4 is 51.7 Å². The second kappa shape index (κ2) is 11.1. The van der Waals surface area contributed by atoms with Crippen LogP contribution in [0, 0.1) is 6.92 Å². The predicted molar refractivity (Wildman–Crippen MR) is 109 cm³/mol. The molecule has 0 saturated heterocycles. The number of nitrogens with two attached hydrogens (primary N) is 1. The second-order valence-corrected chi connectivity index (χ2v) is 7.39. The van der Waals surface area contributed by atoms with E-state index in [9.17, 15) is 8.42 Å². The van der Waals surface area contributed by atoms with Gasteiger partial charge in [0.2, 0.25) is 10.0 Å². The average Bonchev–Trinajstić information content (AvgIpc) is 2.44. The van der Waals surface area contributed by atoms with E-state index in [4.69, 9.17) is 5.14 Å². The molecule has 0 amide bonds. The lowest BCUT2D eigenvalue weighted by Crippen LogP contribution is -2.40. The highest BCUT2D eigenvalue weighted by atomic mass is 127. The third kappa shape index (κ3) is 9.38. The molecular weight excluding hydrogens is 447 g/mol. The molecule has 0 radical (unpaired) electrons. The highest BCUT2D eigenvalue weighted by Crippen LogP contribution is 2.22. The Bertz CT molecular complexity index is 621. The van der Waals surface area contributed by atoms with Crippen molar-refractivity contribution < 1.29 is 8.42 Å². The Morgan fingerprint density at radius 1 is 1.35 bits per heavy atom. The van der Waals surface area contributed by atoms with Crippen LogP contribution >= 0.6 is 35.7 Å². The van der Waals surface area contributed by atoms with E-state index >= 15 is 0 Å². The van der Waals surface area contributed by atoms with E-state index in [-0.39, 0.29) is 36.3 Å². The van der Waals surface area contributed by atoms with Gasteiger partial charge in [-0.1, -0.05) is 12.1 Å².